The zero-order valence-electron chi connectivity index (χ0n) is 19.4. The van der Waals surface area contributed by atoms with Gasteiger partial charge in [-0.2, -0.15) is 0 Å². The van der Waals surface area contributed by atoms with Crippen LogP contribution in [0.2, 0.25) is 0 Å². The standard InChI is InChI=1S/C23H27N3O9/c1-14(27)20(25-23(30)35-13-15-7-5-4-6-8-15)21(28)24-17(22(29)34-3)11-16-9-10-19(33-2)18(12-16)26(31)32/h4-10,12,14,17,20,27H,11,13H2,1-3H3,(H,24,28)(H,25,30)/t14-,17-,20+/m1/s1. The Morgan fingerprint density at radius 3 is 2.31 bits per heavy atom. The van der Waals surface area contributed by atoms with E-state index >= 15 is 0 Å². The molecule has 0 bridgehead atoms. The molecule has 0 aromatic heterocycles. The molecule has 2 rings (SSSR count). The van der Waals surface area contributed by atoms with Crippen molar-refractivity contribution < 1.29 is 38.6 Å². The fourth-order valence-electron chi connectivity index (χ4n) is 3.13. The van der Waals surface area contributed by atoms with E-state index < -0.39 is 41.1 Å². The van der Waals surface area contributed by atoms with Crippen molar-refractivity contribution in [2.24, 2.45) is 0 Å². The molecule has 0 saturated heterocycles. The highest BCUT2D eigenvalue weighted by Crippen LogP contribution is 2.28. The Kier molecular flexibility index (Phi) is 9.97. The summed E-state index contributed by atoms with van der Waals surface area (Å²) < 4.78 is 14.8. The van der Waals surface area contributed by atoms with Crippen LogP contribution in [0.4, 0.5) is 10.5 Å². The van der Waals surface area contributed by atoms with E-state index in [4.69, 9.17) is 14.2 Å². The third-order valence-corrected chi connectivity index (χ3v) is 4.93. The van der Waals surface area contributed by atoms with Crippen molar-refractivity contribution >= 4 is 23.7 Å². The molecule has 35 heavy (non-hydrogen) atoms. The van der Waals surface area contributed by atoms with Crippen molar-refractivity contribution in [1.29, 1.82) is 0 Å². The van der Waals surface area contributed by atoms with Crippen LogP contribution in [0.5, 0.6) is 5.75 Å². The molecule has 2 aromatic rings. The second kappa shape index (κ2) is 12.9. The average Bonchev–Trinajstić information content (AvgIpc) is 2.85. The van der Waals surface area contributed by atoms with Crippen molar-refractivity contribution in [3.05, 3.63) is 69.8 Å². The van der Waals surface area contributed by atoms with E-state index in [0.717, 1.165) is 12.7 Å². The first-order valence-corrected chi connectivity index (χ1v) is 10.5. The number of nitrogens with one attached hydrogen (secondary N) is 2. The van der Waals surface area contributed by atoms with Crippen molar-refractivity contribution in [2.75, 3.05) is 14.2 Å². The number of hydrogen-bond acceptors (Lipinski definition) is 9. The summed E-state index contributed by atoms with van der Waals surface area (Å²) in [7, 11) is 2.40. The monoisotopic (exact) mass is 489 g/mol. The fraction of sp³-hybridized carbons (Fsp3) is 0.348. The maximum Gasteiger partial charge on any atom is 0.408 e. The van der Waals surface area contributed by atoms with E-state index in [9.17, 15) is 29.6 Å². The Bertz CT molecular complexity index is 1040. The van der Waals surface area contributed by atoms with Crippen molar-refractivity contribution in [3.8, 4) is 5.75 Å². The molecule has 0 heterocycles. The van der Waals surface area contributed by atoms with Gasteiger partial charge in [0.05, 0.1) is 25.2 Å². The molecule has 12 heteroatoms. The zero-order chi connectivity index (χ0) is 26.0. The Hall–Kier alpha value is -4.19. The topological polar surface area (TPSA) is 166 Å². The van der Waals surface area contributed by atoms with Crippen molar-refractivity contribution in [2.45, 2.75) is 38.1 Å². The normalized spacial score (nSPS) is 13.0. The molecule has 12 nitrogen and oxygen atoms in total. The largest absolute Gasteiger partial charge is 0.490 e. The summed E-state index contributed by atoms with van der Waals surface area (Å²) in [5.74, 6) is -1.67. The van der Waals surface area contributed by atoms with Crippen molar-refractivity contribution in [3.63, 3.8) is 0 Å². The highest BCUT2D eigenvalue weighted by atomic mass is 16.6. The molecule has 0 fully saturated rings. The van der Waals surface area contributed by atoms with Gasteiger partial charge in [-0.25, -0.2) is 9.59 Å². The number of aliphatic hydroxyl groups excluding tert-OH is 1. The zero-order valence-corrected chi connectivity index (χ0v) is 19.4. The molecule has 0 aliphatic heterocycles. The van der Waals surface area contributed by atoms with Crippen LogP contribution in [0, 0.1) is 10.1 Å². The highest BCUT2D eigenvalue weighted by molar-refractivity contribution is 5.90. The lowest BCUT2D eigenvalue weighted by Crippen LogP contribution is -2.56. The average molecular weight is 489 g/mol. The summed E-state index contributed by atoms with van der Waals surface area (Å²) in [5, 5.41) is 26.0. The first-order chi connectivity index (χ1) is 16.7. The van der Waals surface area contributed by atoms with Crippen LogP contribution < -0.4 is 15.4 Å². The van der Waals surface area contributed by atoms with Crippen LogP contribution in [0.15, 0.2) is 48.5 Å². The lowest BCUT2D eigenvalue weighted by molar-refractivity contribution is -0.385. The maximum atomic E-state index is 12.8. The first kappa shape index (κ1) is 27.1. The van der Waals surface area contributed by atoms with Gasteiger partial charge in [0.2, 0.25) is 5.91 Å². The van der Waals surface area contributed by atoms with Gasteiger partial charge in [-0.3, -0.25) is 14.9 Å². The van der Waals surface area contributed by atoms with Gasteiger partial charge in [0, 0.05) is 12.5 Å². The number of ether oxygens (including phenoxy) is 3. The molecule has 0 unspecified atom stereocenters. The van der Waals surface area contributed by atoms with Gasteiger partial charge in [0.25, 0.3) is 0 Å². The van der Waals surface area contributed by atoms with Crippen LogP contribution in [0.1, 0.15) is 18.1 Å². The third kappa shape index (κ3) is 7.96. The van der Waals surface area contributed by atoms with Gasteiger partial charge in [-0.15, -0.1) is 0 Å². The number of aliphatic hydroxyl groups is 1. The van der Waals surface area contributed by atoms with Gasteiger partial charge in [-0.1, -0.05) is 36.4 Å². The van der Waals surface area contributed by atoms with Gasteiger partial charge in [0.15, 0.2) is 5.75 Å². The molecule has 0 saturated carbocycles. The van der Waals surface area contributed by atoms with Gasteiger partial charge >= 0.3 is 17.7 Å². The molecule has 188 valence electrons. The van der Waals surface area contributed by atoms with Crippen LogP contribution in [-0.4, -0.2) is 60.4 Å². The number of alkyl carbamates (subject to hydrolysis) is 1. The first-order valence-electron chi connectivity index (χ1n) is 10.5. The number of methoxy groups -OCH3 is 2. The minimum Gasteiger partial charge on any atom is -0.490 e. The summed E-state index contributed by atoms with van der Waals surface area (Å²) in [6.45, 7) is 1.23. The summed E-state index contributed by atoms with van der Waals surface area (Å²) >= 11 is 0. The number of carbonyl (C=O) groups excluding carboxylic acids is 3. The summed E-state index contributed by atoms with van der Waals surface area (Å²) in [4.78, 5) is 47.9. The molecule has 2 amide bonds. The molecule has 3 atom stereocenters. The Balaban J connectivity index is 2.11. The van der Waals surface area contributed by atoms with Crippen LogP contribution in [-0.2, 0) is 32.1 Å². The number of amides is 2. The third-order valence-electron chi connectivity index (χ3n) is 4.93. The lowest BCUT2D eigenvalue weighted by atomic mass is 10.0. The van der Waals surface area contributed by atoms with E-state index in [1.54, 1.807) is 30.3 Å². The molecular weight excluding hydrogens is 462 g/mol. The maximum absolute atomic E-state index is 12.8. The lowest BCUT2D eigenvalue weighted by Gasteiger charge is -2.24. The number of hydrogen-bond donors (Lipinski definition) is 3. The molecule has 2 aromatic carbocycles. The molecule has 0 radical (unpaired) electrons. The second-order valence-electron chi connectivity index (χ2n) is 7.48. The van der Waals surface area contributed by atoms with Crippen LogP contribution in [0.25, 0.3) is 0 Å². The molecular formula is C23H27N3O9. The van der Waals surface area contributed by atoms with Crippen LogP contribution in [0.3, 0.4) is 0 Å². The van der Waals surface area contributed by atoms with Gasteiger partial charge < -0.3 is 30.0 Å². The number of benzene rings is 2. The number of rotatable bonds is 11. The SMILES string of the molecule is COC(=O)[C@@H](Cc1ccc(OC)c([N+](=O)[O-])c1)NC(=O)[C@@H](NC(=O)OCc1ccccc1)[C@@H](C)O. The summed E-state index contributed by atoms with van der Waals surface area (Å²) in [6.07, 6.45) is -2.44. The molecule has 0 aliphatic carbocycles. The van der Waals surface area contributed by atoms with Crippen LogP contribution >= 0.6 is 0 Å². The van der Waals surface area contributed by atoms with E-state index in [-0.39, 0.29) is 24.5 Å². The van der Waals surface area contributed by atoms with E-state index in [1.807, 2.05) is 0 Å². The predicted octanol–water partition coefficient (Wildman–Crippen LogP) is 1.48. The van der Waals surface area contributed by atoms with E-state index in [2.05, 4.69) is 10.6 Å². The quantitative estimate of drug-likeness (QED) is 0.241. The second-order valence-corrected chi connectivity index (χ2v) is 7.48. The predicted molar refractivity (Wildman–Crippen MR) is 123 cm³/mol. The van der Waals surface area contributed by atoms with Crippen molar-refractivity contribution in [1.82, 2.24) is 10.6 Å². The molecule has 0 spiro atoms. The summed E-state index contributed by atoms with van der Waals surface area (Å²) in [5.41, 5.74) is 0.752. The van der Waals surface area contributed by atoms with E-state index in [0.29, 0.717) is 5.56 Å². The Morgan fingerprint density at radius 1 is 1.06 bits per heavy atom. The number of nitrogens with zero attached hydrogens (tertiary/aromatic N) is 1. The molecule has 0 aliphatic rings. The number of carbonyl (C=O) groups is 3. The minimum atomic E-state index is -1.45. The Morgan fingerprint density at radius 2 is 1.74 bits per heavy atom. The van der Waals surface area contributed by atoms with E-state index in [1.165, 1.54) is 32.2 Å². The summed E-state index contributed by atoms with van der Waals surface area (Å²) in [6, 6.07) is 10.2. The number of nitro groups is 1. The number of nitro benzene ring substituents is 1. The van der Waals surface area contributed by atoms with Gasteiger partial charge in [-0.05, 0) is 24.1 Å². The Labute approximate surface area is 201 Å². The number of esters is 1. The molecule has 3 N–H and O–H groups in total. The smallest absolute Gasteiger partial charge is 0.408 e. The van der Waals surface area contributed by atoms with Gasteiger partial charge in [0.1, 0.15) is 18.7 Å². The fourth-order valence-corrected chi connectivity index (χ4v) is 3.13. The minimum absolute atomic E-state index is 0.0322. The highest BCUT2D eigenvalue weighted by Gasteiger charge is 2.31.